The Morgan fingerprint density at radius 1 is 0.895 bits per heavy atom. The van der Waals surface area contributed by atoms with E-state index in [0.717, 1.165) is 19.5 Å². The highest BCUT2D eigenvalue weighted by Gasteiger charge is 2.44. The van der Waals surface area contributed by atoms with Crippen LogP contribution in [0.25, 0.3) is 11.1 Å². The third kappa shape index (κ3) is 6.42. The molecule has 0 fully saturated rings. The standard InChI is InChI=1S/C30H32F3NO4/c1-3-4-5-16-34(2)17-18-37-24-13-8-21(9-14-24)29-27(20-6-10-22(35)11-7-20)28(30(31,32)33)25-15-12-23(36)19-26(25)38-29/h6-15,19,29,35-36H,3-5,16-18H2,1-2H3. The molecule has 0 aliphatic carbocycles. The van der Waals surface area contributed by atoms with Gasteiger partial charge < -0.3 is 24.6 Å². The van der Waals surface area contributed by atoms with Crippen LogP contribution in [0.5, 0.6) is 23.0 Å². The van der Waals surface area contributed by atoms with Gasteiger partial charge in [-0.25, -0.2) is 0 Å². The molecular formula is C30H32F3NO4. The number of hydrogen-bond acceptors (Lipinski definition) is 5. The van der Waals surface area contributed by atoms with E-state index in [4.69, 9.17) is 9.47 Å². The van der Waals surface area contributed by atoms with Gasteiger partial charge in [-0.15, -0.1) is 0 Å². The zero-order valence-corrected chi connectivity index (χ0v) is 21.5. The van der Waals surface area contributed by atoms with Gasteiger partial charge in [-0.05, 0) is 67.5 Å². The number of allylic oxidation sites excluding steroid dienone is 1. The average molecular weight is 528 g/mol. The molecule has 4 rings (SSSR count). The van der Waals surface area contributed by atoms with E-state index in [0.29, 0.717) is 17.9 Å². The smallest absolute Gasteiger partial charge is 0.417 e. The number of ether oxygens (including phenoxy) is 2. The van der Waals surface area contributed by atoms with Crippen molar-refractivity contribution >= 4 is 11.1 Å². The molecule has 38 heavy (non-hydrogen) atoms. The van der Waals surface area contributed by atoms with Crippen molar-refractivity contribution in [1.29, 1.82) is 0 Å². The van der Waals surface area contributed by atoms with Gasteiger partial charge >= 0.3 is 6.18 Å². The summed E-state index contributed by atoms with van der Waals surface area (Å²) in [5.74, 6) is 0.298. The summed E-state index contributed by atoms with van der Waals surface area (Å²) in [7, 11) is 2.05. The lowest BCUT2D eigenvalue weighted by molar-refractivity contribution is -0.0695. The maximum absolute atomic E-state index is 14.5. The van der Waals surface area contributed by atoms with Crippen molar-refractivity contribution in [2.24, 2.45) is 0 Å². The highest BCUT2D eigenvalue weighted by molar-refractivity contribution is 5.98. The third-order valence-electron chi connectivity index (χ3n) is 6.54. The van der Waals surface area contributed by atoms with E-state index in [9.17, 15) is 23.4 Å². The number of likely N-dealkylation sites (N-methyl/N-ethyl adjacent to an activating group) is 1. The zero-order chi connectivity index (χ0) is 27.3. The van der Waals surface area contributed by atoms with Crippen LogP contribution in [0.1, 0.15) is 49.0 Å². The molecule has 202 valence electrons. The van der Waals surface area contributed by atoms with Gasteiger partial charge in [-0.2, -0.15) is 13.2 Å². The molecule has 1 atom stereocenters. The van der Waals surface area contributed by atoms with Gasteiger partial charge in [-0.1, -0.05) is 44.0 Å². The van der Waals surface area contributed by atoms with E-state index in [1.54, 1.807) is 24.3 Å². The number of hydrogen-bond donors (Lipinski definition) is 2. The van der Waals surface area contributed by atoms with Crippen LogP contribution < -0.4 is 9.47 Å². The number of nitrogens with zero attached hydrogens (tertiary/aromatic N) is 1. The lowest BCUT2D eigenvalue weighted by Gasteiger charge is -2.33. The van der Waals surface area contributed by atoms with E-state index < -0.39 is 17.9 Å². The number of benzene rings is 3. The molecule has 3 aromatic carbocycles. The van der Waals surface area contributed by atoms with Crippen LogP contribution in [-0.2, 0) is 0 Å². The Balaban J connectivity index is 1.64. The number of unbranched alkanes of at least 4 members (excludes halogenated alkanes) is 2. The molecule has 0 aromatic heterocycles. The van der Waals surface area contributed by atoms with Crippen molar-refractivity contribution < 1.29 is 32.9 Å². The second-order valence-corrected chi connectivity index (χ2v) is 9.44. The minimum Gasteiger partial charge on any atom is -0.508 e. The van der Waals surface area contributed by atoms with E-state index in [2.05, 4.69) is 11.8 Å². The Morgan fingerprint density at radius 3 is 2.24 bits per heavy atom. The van der Waals surface area contributed by atoms with Crippen molar-refractivity contribution in [3.8, 4) is 23.0 Å². The Hall–Kier alpha value is -3.65. The van der Waals surface area contributed by atoms with Crippen molar-refractivity contribution in [2.75, 3.05) is 26.7 Å². The summed E-state index contributed by atoms with van der Waals surface area (Å²) < 4.78 is 55.6. The van der Waals surface area contributed by atoms with E-state index in [1.165, 1.54) is 55.3 Å². The van der Waals surface area contributed by atoms with E-state index in [1.807, 2.05) is 7.05 Å². The van der Waals surface area contributed by atoms with E-state index in [-0.39, 0.29) is 33.9 Å². The highest BCUT2D eigenvalue weighted by Crippen LogP contribution is 2.53. The van der Waals surface area contributed by atoms with Gasteiger partial charge in [-0.3, -0.25) is 0 Å². The first kappa shape index (κ1) is 27.4. The predicted molar refractivity (Wildman–Crippen MR) is 141 cm³/mol. The van der Waals surface area contributed by atoms with Gasteiger partial charge in [0.15, 0.2) is 6.10 Å². The van der Waals surface area contributed by atoms with Crippen LogP contribution in [0.4, 0.5) is 13.2 Å². The summed E-state index contributed by atoms with van der Waals surface area (Å²) >= 11 is 0. The van der Waals surface area contributed by atoms with Crippen LogP contribution in [0.15, 0.2) is 66.7 Å². The SMILES string of the molecule is CCCCCN(C)CCOc1ccc(C2Oc3cc(O)ccc3C(C(F)(F)F)=C2c2ccc(O)cc2)cc1. The summed E-state index contributed by atoms with van der Waals surface area (Å²) in [6.45, 7) is 4.42. The minimum atomic E-state index is -4.70. The van der Waals surface area contributed by atoms with Gasteiger partial charge in [0.2, 0.25) is 0 Å². The Kier molecular flexibility index (Phi) is 8.52. The van der Waals surface area contributed by atoms with Crippen LogP contribution in [0.2, 0.25) is 0 Å². The van der Waals surface area contributed by atoms with Gasteiger partial charge in [0.1, 0.15) is 29.6 Å². The molecule has 0 radical (unpaired) electrons. The number of halogens is 3. The quantitative estimate of drug-likeness (QED) is 0.273. The van der Waals surface area contributed by atoms with E-state index >= 15 is 0 Å². The molecule has 0 amide bonds. The molecule has 0 saturated heterocycles. The van der Waals surface area contributed by atoms with Crippen LogP contribution in [-0.4, -0.2) is 48.0 Å². The molecule has 0 spiro atoms. The Morgan fingerprint density at radius 2 is 1.58 bits per heavy atom. The fraction of sp³-hybridized carbons (Fsp3) is 0.333. The number of phenolic OH excluding ortho intramolecular Hbond substituents is 2. The summed E-state index contributed by atoms with van der Waals surface area (Å²) in [6.07, 6.45) is -2.31. The first-order valence-electron chi connectivity index (χ1n) is 12.7. The van der Waals surface area contributed by atoms with Crippen molar-refractivity contribution in [3.05, 3.63) is 83.4 Å². The molecule has 5 nitrogen and oxygen atoms in total. The third-order valence-corrected chi connectivity index (χ3v) is 6.54. The fourth-order valence-corrected chi connectivity index (χ4v) is 4.56. The molecule has 1 unspecified atom stereocenters. The average Bonchev–Trinajstić information content (AvgIpc) is 2.88. The number of phenols is 2. The largest absolute Gasteiger partial charge is 0.508 e. The maximum atomic E-state index is 14.5. The molecule has 0 saturated carbocycles. The highest BCUT2D eigenvalue weighted by atomic mass is 19.4. The summed E-state index contributed by atoms with van der Waals surface area (Å²) in [5, 5.41) is 19.7. The molecule has 1 aliphatic rings. The number of alkyl halides is 3. The number of rotatable bonds is 10. The van der Waals surface area contributed by atoms with Gasteiger partial charge in [0.05, 0.1) is 5.57 Å². The monoisotopic (exact) mass is 527 g/mol. The zero-order valence-electron chi connectivity index (χ0n) is 21.5. The second-order valence-electron chi connectivity index (χ2n) is 9.44. The summed E-state index contributed by atoms with van der Waals surface area (Å²) in [6, 6.07) is 16.0. The predicted octanol–water partition coefficient (Wildman–Crippen LogP) is 7.21. The normalized spacial score (nSPS) is 15.4. The molecule has 2 N–H and O–H groups in total. The Labute approximate surface area is 220 Å². The summed E-state index contributed by atoms with van der Waals surface area (Å²) in [5.41, 5.74) is -0.310. The second kappa shape index (κ2) is 11.8. The van der Waals surface area contributed by atoms with Crippen LogP contribution in [0, 0.1) is 0 Å². The molecule has 1 aliphatic heterocycles. The topological polar surface area (TPSA) is 62.2 Å². The fourth-order valence-electron chi connectivity index (χ4n) is 4.56. The summed E-state index contributed by atoms with van der Waals surface area (Å²) in [4.78, 5) is 2.21. The Bertz CT molecular complexity index is 1250. The minimum absolute atomic E-state index is 0.0565. The lowest BCUT2D eigenvalue weighted by Crippen LogP contribution is -2.25. The molecule has 8 heteroatoms. The molecule has 1 heterocycles. The van der Waals surface area contributed by atoms with Gasteiger partial charge in [0.25, 0.3) is 0 Å². The van der Waals surface area contributed by atoms with Crippen molar-refractivity contribution in [3.63, 3.8) is 0 Å². The first-order valence-corrected chi connectivity index (χ1v) is 12.7. The number of aromatic hydroxyl groups is 2. The molecule has 0 bridgehead atoms. The van der Waals surface area contributed by atoms with Crippen LogP contribution in [0.3, 0.4) is 0 Å². The van der Waals surface area contributed by atoms with Gasteiger partial charge in [0, 0.05) is 23.7 Å². The molecule has 3 aromatic rings. The maximum Gasteiger partial charge on any atom is 0.417 e. The lowest BCUT2D eigenvalue weighted by atomic mass is 9.85. The van der Waals surface area contributed by atoms with Crippen LogP contribution >= 0.6 is 0 Å². The van der Waals surface area contributed by atoms with Crippen molar-refractivity contribution in [1.82, 2.24) is 4.90 Å². The first-order chi connectivity index (χ1) is 18.2. The number of fused-ring (bicyclic) bond motifs is 1. The van der Waals surface area contributed by atoms with Crippen molar-refractivity contribution in [2.45, 2.75) is 38.5 Å². The molecular weight excluding hydrogens is 495 g/mol.